The molecule has 0 saturated carbocycles. The predicted octanol–water partition coefficient (Wildman–Crippen LogP) is 2.71. The van der Waals surface area contributed by atoms with Gasteiger partial charge in [0.1, 0.15) is 0 Å². The standard InChI is InChI=1S/C13H8N4O3/c18-17(19)11-3-1-2-10(8-11)13-16-15-12(20-13)9-4-6-14-7-5-9/h1-8H. The lowest BCUT2D eigenvalue weighted by molar-refractivity contribution is -0.384. The third kappa shape index (κ3) is 2.24. The number of benzene rings is 1. The monoisotopic (exact) mass is 268 g/mol. The van der Waals surface area contributed by atoms with Crippen LogP contribution >= 0.6 is 0 Å². The highest BCUT2D eigenvalue weighted by Gasteiger charge is 2.13. The summed E-state index contributed by atoms with van der Waals surface area (Å²) in [5.74, 6) is 0.578. The van der Waals surface area contributed by atoms with Crippen LogP contribution in [0, 0.1) is 10.1 Å². The Bertz CT molecular complexity index is 755. The smallest absolute Gasteiger partial charge is 0.270 e. The van der Waals surface area contributed by atoms with Gasteiger partial charge in [-0.3, -0.25) is 15.1 Å². The van der Waals surface area contributed by atoms with Crippen molar-refractivity contribution in [1.29, 1.82) is 0 Å². The fraction of sp³-hybridized carbons (Fsp3) is 0. The van der Waals surface area contributed by atoms with E-state index in [0.717, 1.165) is 5.56 Å². The number of non-ortho nitro benzene ring substituents is 1. The summed E-state index contributed by atoms with van der Waals surface area (Å²) in [6.45, 7) is 0. The fourth-order valence-corrected chi connectivity index (χ4v) is 1.70. The Morgan fingerprint density at radius 2 is 1.70 bits per heavy atom. The van der Waals surface area contributed by atoms with E-state index < -0.39 is 4.92 Å². The lowest BCUT2D eigenvalue weighted by atomic mass is 10.2. The van der Waals surface area contributed by atoms with Gasteiger partial charge in [0.05, 0.1) is 4.92 Å². The van der Waals surface area contributed by atoms with Gasteiger partial charge in [-0.25, -0.2) is 0 Å². The number of nitrogens with zero attached hydrogens (tertiary/aromatic N) is 4. The molecule has 0 spiro atoms. The number of hydrogen-bond acceptors (Lipinski definition) is 6. The largest absolute Gasteiger partial charge is 0.416 e. The highest BCUT2D eigenvalue weighted by molar-refractivity contribution is 5.60. The van der Waals surface area contributed by atoms with Crippen molar-refractivity contribution < 1.29 is 9.34 Å². The fourth-order valence-electron chi connectivity index (χ4n) is 1.70. The Kier molecular flexibility index (Phi) is 2.92. The van der Waals surface area contributed by atoms with Crippen molar-refractivity contribution in [2.75, 3.05) is 0 Å². The van der Waals surface area contributed by atoms with E-state index >= 15 is 0 Å². The van der Waals surface area contributed by atoms with Gasteiger partial charge in [-0.15, -0.1) is 10.2 Å². The molecule has 1 aromatic carbocycles. The minimum Gasteiger partial charge on any atom is -0.416 e. The first-order chi connectivity index (χ1) is 9.74. The lowest BCUT2D eigenvalue weighted by Gasteiger charge is -1.95. The maximum absolute atomic E-state index is 10.7. The highest BCUT2D eigenvalue weighted by atomic mass is 16.6. The van der Waals surface area contributed by atoms with Crippen LogP contribution in [0.2, 0.25) is 0 Å². The van der Waals surface area contributed by atoms with Crippen LogP contribution in [-0.2, 0) is 0 Å². The molecule has 3 rings (SSSR count). The molecule has 0 bridgehead atoms. The third-order valence-corrected chi connectivity index (χ3v) is 2.66. The minimum atomic E-state index is -0.469. The quantitative estimate of drug-likeness (QED) is 0.535. The molecule has 0 aliphatic carbocycles. The SMILES string of the molecule is O=[N+]([O-])c1cccc(-c2nnc(-c3ccncc3)o2)c1. The average Bonchev–Trinajstić information content (AvgIpc) is 2.98. The minimum absolute atomic E-state index is 0.0221. The third-order valence-electron chi connectivity index (χ3n) is 2.66. The number of nitro benzene ring substituents is 1. The summed E-state index contributed by atoms with van der Waals surface area (Å²) >= 11 is 0. The summed E-state index contributed by atoms with van der Waals surface area (Å²) in [5.41, 5.74) is 1.22. The van der Waals surface area contributed by atoms with Crippen LogP contribution in [0.15, 0.2) is 53.2 Å². The molecule has 0 fully saturated rings. The van der Waals surface area contributed by atoms with Crippen LogP contribution in [0.25, 0.3) is 22.9 Å². The molecule has 0 radical (unpaired) electrons. The molecule has 98 valence electrons. The van der Waals surface area contributed by atoms with Gasteiger partial charge in [0.2, 0.25) is 11.8 Å². The first-order valence-electron chi connectivity index (χ1n) is 5.73. The molecular formula is C13H8N4O3. The molecule has 0 amide bonds. The zero-order valence-electron chi connectivity index (χ0n) is 10.1. The van der Waals surface area contributed by atoms with Crippen LogP contribution in [0.4, 0.5) is 5.69 Å². The molecule has 7 nitrogen and oxygen atoms in total. The van der Waals surface area contributed by atoms with E-state index in [1.165, 1.54) is 12.1 Å². The van der Waals surface area contributed by atoms with E-state index in [1.54, 1.807) is 36.7 Å². The van der Waals surface area contributed by atoms with Gasteiger partial charge in [0.25, 0.3) is 5.69 Å². The number of pyridine rings is 1. The second-order valence-corrected chi connectivity index (χ2v) is 3.96. The maximum Gasteiger partial charge on any atom is 0.270 e. The number of rotatable bonds is 3. The van der Waals surface area contributed by atoms with Gasteiger partial charge in [-0.2, -0.15) is 0 Å². The van der Waals surface area contributed by atoms with Crippen molar-refractivity contribution in [2.45, 2.75) is 0 Å². The molecule has 0 N–H and O–H groups in total. The molecule has 0 aliphatic rings. The van der Waals surface area contributed by atoms with Crippen molar-refractivity contribution in [1.82, 2.24) is 15.2 Å². The molecule has 0 saturated heterocycles. The van der Waals surface area contributed by atoms with Crippen molar-refractivity contribution in [2.24, 2.45) is 0 Å². The van der Waals surface area contributed by atoms with Gasteiger partial charge in [-0.1, -0.05) is 6.07 Å². The topological polar surface area (TPSA) is 95.0 Å². The molecule has 2 aromatic heterocycles. The van der Waals surface area contributed by atoms with E-state index in [-0.39, 0.29) is 11.6 Å². The van der Waals surface area contributed by atoms with Crippen LogP contribution < -0.4 is 0 Å². The van der Waals surface area contributed by atoms with Crippen LogP contribution in [0.5, 0.6) is 0 Å². The summed E-state index contributed by atoms with van der Waals surface area (Å²) in [6.07, 6.45) is 3.24. The maximum atomic E-state index is 10.7. The van der Waals surface area contributed by atoms with Crippen molar-refractivity contribution in [3.05, 3.63) is 58.9 Å². The summed E-state index contributed by atoms with van der Waals surface area (Å²) in [4.78, 5) is 14.2. The van der Waals surface area contributed by atoms with E-state index in [4.69, 9.17) is 4.42 Å². The molecule has 7 heteroatoms. The van der Waals surface area contributed by atoms with Gasteiger partial charge in [0, 0.05) is 35.7 Å². The Morgan fingerprint density at radius 3 is 2.40 bits per heavy atom. The van der Waals surface area contributed by atoms with Crippen molar-refractivity contribution >= 4 is 5.69 Å². The molecule has 0 aliphatic heterocycles. The van der Waals surface area contributed by atoms with Gasteiger partial charge in [0.15, 0.2) is 0 Å². The first-order valence-corrected chi connectivity index (χ1v) is 5.73. The number of hydrogen-bond donors (Lipinski definition) is 0. The number of nitro groups is 1. The summed E-state index contributed by atoms with van der Waals surface area (Å²) in [7, 11) is 0. The molecule has 2 heterocycles. The van der Waals surface area contributed by atoms with Crippen LogP contribution in [0.1, 0.15) is 0 Å². The van der Waals surface area contributed by atoms with Gasteiger partial charge < -0.3 is 4.42 Å². The first kappa shape index (κ1) is 12.0. The molecular weight excluding hydrogens is 260 g/mol. The van der Waals surface area contributed by atoms with Crippen molar-refractivity contribution in [3.63, 3.8) is 0 Å². The lowest BCUT2D eigenvalue weighted by Crippen LogP contribution is -1.88. The van der Waals surface area contributed by atoms with Crippen LogP contribution in [0.3, 0.4) is 0 Å². The summed E-state index contributed by atoms with van der Waals surface area (Å²) in [6, 6.07) is 9.53. The van der Waals surface area contributed by atoms with E-state index in [0.29, 0.717) is 11.5 Å². The van der Waals surface area contributed by atoms with Gasteiger partial charge in [-0.05, 0) is 18.2 Å². The molecule has 3 aromatic rings. The van der Waals surface area contributed by atoms with Crippen molar-refractivity contribution in [3.8, 4) is 22.9 Å². The zero-order valence-corrected chi connectivity index (χ0v) is 10.1. The zero-order chi connectivity index (χ0) is 13.9. The second kappa shape index (κ2) is 4.88. The molecule has 0 unspecified atom stereocenters. The Labute approximate surface area is 113 Å². The van der Waals surface area contributed by atoms with E-state index in [9.17, 15) is 10.1 Å². The summed E-state index contributed by atoms with van der Waals surface area (Å²) < 4.78 is 5.52. The Balaban J connectivity index is 1.98. The Hall–Kier alpha value is -3.09. The molecule has 20 heavy (non-hydrogen) atoms. The van der Waals surface area contributed by atoms with Crippen LogP contribution in [-0.4, -0.2) is 20.1 Å². The number of aromatic nitrogens is 3. The summed E-state index contributed by atoms with van der Waals surface area (Å²) in [5, 5.41) is 18.6. The highest BCUT2D eigenvalue weighted by Crippen LogP contribution is 2.25. The normalized spacial score (nSPS) is 10.4. The average molecular weight is 268 g/mol. The predicted molar refractivity (Wildman–Crippen MR) is 69.6 cm³/mol. The second-order valence-electron chi connectivity index (χ2n) is 3.96. The van der Waals surface area contributed by atoms with Gasteiger partial charge >= 0.3 is 0 Å². The van der Waals surface area contributed by atoms with E-state index in [2.05, 4.69) is 15.2 Å². The Morgan fingerprint density at radius 1 is 1.00 bits per heavy atom. The van der Waals surface area contributed by atoms with E-state index in [1.807, 2.05) is 0 Å². The molecule has 0 atom stereocenters.